The molecule has 0 radical (unpaired) electrons. The lowest BCUT2D eigenvalue weighted by Gasteiger charge is -2.38. The van der Waals surface area contributed by atoms with Crippen LogP contribution in [0.5, 0.6) is 0 Å². The Hall–Kier alpha value is -2.90. The van der Waals surface area contributed by atoms with Crippen LogP contribution in [0.2, 0.25) is 0 Å². The molecule has 2 saturated heterocycles. The molecular formula is C19H22N4O4. The molecule has 1 amide bonds. The maximum absolute atomic E-state index is 11.8. The van der Waals surface area contributed by atoms with Crippen LogP contribution >= 0.6 is 0 Å². The van der Waals surface area contributed by atoms with Gasteiger partial charge in [-0.05, 0) is 42.0 Å². The summed E-state index contributed by atoms with van der Waals surface area (Å²) in [5, 5.41) is 13.5. The van der Waals surface area contributed by atoms with Gasteiger partial charge in [-0.3, -0.25) is 4.79 Å². The highest BCUT2D eigenvalue weighted by atomic mass is 16.5. The first-order valence-electron chi connectivity index (χ1n) is 9.12. The van der Waals surface area contributed by atoms with Gasteiger partial charge in [0, 0.05) is 32.1 Å². The van der Waals surface area contributed by atoms with Gasteiger partial charge in [0.25, 0.3) is 11.8 Å². The van der Waals surface area contributed by atoms with E-state index in [1.807, 2.05) is 30.3 Å². The molecule has 27 heavy (non-hydrogen) atoms. The Labute approximate surface area is 156 Å². The molecule has 2 aromatic rings. The number of aliphatic carboxylic acids is 1. The fraction of sp³-hybridized carbons (Fsp3) is 0.474. The van der Waals surface area contributed by atoms with Crippen molar-refractivity contribution in [3.8, 4) is 11.5 Å². The Kier molecular flexibility index (Phi) is 4.33. The van der Waals surface area contributed by atoms with E-state index in [1.165, 1.54) is 11.8 Å². The van der Waals surface area contributed by atoms with E-state index in [2.05, 4.69) is 15.0 Å². The fourth-order valence-corrected chi connectivity index (χ4v) is 4.19. The van der Waals surface area contributed by atoms with E-state index in [4.69, 9.17) is 4.52 Å². The molecule has 1 spiro atoms. The van der Waals surface area contributed by atoms with E-state index in [9.17, 15) is 14.7 Å². The molecule has 3 heterocycles. The normalized spacial score (nSPS) is 21.6. The molecule has 1 aromatic heterocycles. The summed E-state index contributed by atoms with van der Waals surface area (Å²) in [6.45, 7) is 3.38. The molecule has 0 unspecified atom stereocenters. The van der Waals surface area contributed by atoms with Crippen LogP contribution in [0.25, 0.3) is 11.5 Å². The number of benzene rings is 1. The van der Waals surface area contributed by atoms with Crippen molar-refractivity contribution < 1.29 is 19.2 Å². The van der Waals surface area contributed by atoms with Gasteiger partial charge in [-0.1, -0.05) is 18.2 Å². The number of aromatic nitrogens is 2. The third-order valence-electron chi connectivity index (χ3n) is 5.74. The zero-order chi connectivity index (χ0) is 19.0. The Balaban J connectivity index is 1.44. The molecule has 4 rings (SSSR count). The summed E-state index contributed by atoms with van der Waals surface area (Å²) in [6.07, 6.45) is 2.11. The molecular weight excluding hydrogens is 348 g/mol. The van der Waals surface area contributed by atoms with Gasteiger partial charge in [0.2, 0.25) is 5.91 Å². The summed E-state index contributed by atoms with van der Waals surface area (Å²) in [4.78, 5) is 31.4. The summed E-state index contributed by atoms with van der Waals surface area (Å²) in [6, 6.07) is 8.89. The molecule has 0 saturated carbocycles. The minimum Gasteiger partial charge on any atom is -0.480 e. The van der Waals surface area contributed by atoms with Crippen molar-refractivity contribution in [1.29, 1.82) is 0 Å². The van der Waals surface area contributed by atoms with Gasteiger partial charge in [0.15, 0.2) is 0 Å². The van der Waals surface area contributed by atoms with Crippen molar-refractivity contribution in [3.63, 3.8) is 0 Å². The molecule has 8 heteroatoms. The predicted octanol–water partition coefficient (Wildman–Crippen LogP) is 2.03. The molecule has 2 aliphatic heterocycles. The van der Waals surface area contributed by atoms with Crippen molar-refractivity contribution in [3.05, 3.63) is 30.3 Å². The van der Waals surface area contributed by atoms with Crippen LogP contribution in [0.3, 0.4) is 0 Å². The Morgan fingerprint density at radius 3 is 2.52 bits per heavy atom. The molecule has 8 nitrogen and oxygen atoms in total. The Bertz CT molecular complexity index is 818. The molecule has 2 fully saturated rings. The van der Waals surface area contributed by atoms with Crippen LogP contribution in [0, 0.1) is 5.41 Å². The molecule has 1 atom stereocenters. The zero-order valence-electron chi connectivity index (χ0n) is 15.2. The second kappa shape index (κ2) is 6.68. The first kappa shape index (κ1) is 17.5. The summed E-state index contributed by atoms with van der Waals surface area (Å²) in [5.41, 5.74) is 0.735. The van der Waals surface area contributed by atoms with Crippen molar-refractivity contribution in [1.82, 2.24) is 15.0 Å². The molecule has 0 aliphatic carbocycles. The van der Waals surface area contributed by atoms with E-state index in [0.29, 0.717) is 37.9 Å². The van der Waals surface area contributed by atoms with Gasteiger partial charge in [-0.25, -0.2) is 4.79 Å². The van der Waals surface area contributed by atoms with E-state index in [0.717, 1.165) is 18.4 Å². The van der Waals surface area contributed by atoms with Gasteiger partial charge in [-0.2, -0.15) is 4.98 Å². The maximum atomic E-state index is 11.8. The SMILES string of the molecule is CC(=O)N1CC2(CCN(c3noc(-c4ccccc4)n3)CC2)C[C@@H]1C(=O)O. The summed E-state index contributed by atoms with van der Waals surface area (Å²) >= 11 is 0. The van der Waals surface area contributed by atoms with Crippen molar-refractivity contribution >= 4 is 17.8 Å². The second-order valence-electron chi connectivity index (χ2n) is 7.46. The topological polar surface area (TPSA) is 99.8 Å². The van der Waals surface area contributed by atoms with Gasteiger partial charge in [-0.15, -0.1) is 0 Å². The third kappa shape index (κ3) is 3.27. The number of carbonyl (C=O) groups excluding carboxylic acids is 1. The number of anilines is 1. The van der Waals surface area contributed by atoms with Crippen LogP contribution in [0.1, 0.15) is 26.2 Å². The number of nitrogens with zero attached hydrogens (tertiary/aromatic N) is 4. The highest BCUT2D eigenvalue weighted by molar-refractivity contribution is 5.83. The quantitative estimate of drug-likeness (QED) is 0.882. The molecule has 1 N–H and O–H groups in total. The van der Waals surface area contributed by atoms with E-state index in [1.54, 1.807) is 0 Å². The molecule has 1 aromatic carbocycles. The minimum atomic E-state index is -0.921. The first-order valence-corrected chi connectivity index (χ1v) is 9.12. The standard InChI is InChI=1S/C19H22N4O4/c1-13(24)23-12-19(11-15(23)17(25)26)7-9-22(10-8-19)18-20-16(27-21-18)14-5-3-2-4-6-14/h2-6,15H,7-12H2,1H3,(H,25,26)/t15-/m1/s1. The van der Waals surface area contributed by atoms with Crippen molar-refractivity contribution in [2.24, 2.45) is 5.41 Å². The average molecular weight is 370 g/mol. The lowest BCUT2D eigenvalue weighted by molar-refractivity contribution is -0.147. The Morgan fingerprint density at radius 1 is 1.22 bits per heavy atom. The number of carboxylic acids is 1. The highest BCUT2D eigenvalue weighted by Gasteiger charge is 2.49. The average Bonchev–Trinajstić information content (AvgIpc) is 3.29. The number of carbonyl (C=O) groups is 2. The summed E-state index contributed by atoms with van der Waals surface area (Å²) in [7, 11) is 0. The summed E-state index contributed by atoms with van der Waals surface area (Å²) in [5.74, 6) is -0.0529. The Morgan fingerprint density at radius 2 is 1.93 bits per heavy atom. The second-order valence-corrected chi connectivity index (χ2v) is 7.46. The largest absolute Gasteiger partial charge is 0.480 e. The molecule has 0 bridgehead atoms. The summed E-state index contributed by atoms with van der Waals surface area (Å²) < 4.78 is 5.38. The highest BCUT2D eigenvalue weighted by Crippen LogP contribution is 2.44. The van der Waals surface area contributed by atoms with Gasteiger partial charge in [0.1, 0.15) is 6.04 Å². The first-order chi connectivity index (χ1) is 13.0. The van der Waals surface area contributed by atoms with Gasteiger partial charge in [0.05, 0.1) is 0 Å². The number of hydrogen-bond donors (Lipinski definition) is 1. The van der Waals surface area contributed by atoms with Crippen molar-refractivity contribution in [2.45, 2.75) is 32.2 Å². The number of piperidine rings is 1. The third-order valence-corrected chi connectivity index (χ3v) is 5.74. The fourth-order valence-electron chi connectivity index (χ4n) is 4.19. The monoisotopic (exact) mass is 370 g/mol. The van der Waals surface area contributed by atoms with Crippen LogP contribution < -0.4 is 4.90 Å². The maximum Gasteiger partial charge on any atom is 0.326 e. The number of hydrogen-bond acceptors (Lipinski definition) is 6. The van der Waals surface area contributed by atoms with Crippen LogP contribution in [-0.2, 0) is 9.59 Å². The van der Waals surface area contributed by atoms with Crippen LogP contribution in [-0.4, -0.2) is 57.7 Å². The van der Waals surface area contributed by atoms with Crippen molar-refractivity contribution in [2.75, 3.05) is 24.5 Å². The number of rotatable bonds is 3. The lowest BCUT2D eigenvalue weighted by atomic mass is 9.76. The number of carboxylic acid groups (broad SMARTS) is 1. The lowest BCUT2D eigenvalue weighted by Crippen LogP contribution is -2.42. The predicted molar refractivity (Wildman–Crippen MR) is 97.0 cm³/mol. The number of likely N-dealkylation sites (tertiary alicyclic amines) is 1. The van der Waals surface area contributed by atoms with E-state index >= 15 is 0 Å². The minimum absolute atomic E-state index is 0.142. The smallest absolute Gasteiger partial charge is 0.326 e. The zero-order valence-corrected chi connectivity index (χ0v) is 15.2. The van der Waals surface area contributed by atoms with Crippen LogP contribution in [0.15, 0.2) is 34.9 Å². The number of amides is 1. The van der Waals surface area contributed by atoms with E-state index in [-0.39, 0.29) is 11.3 Å². The van der Waals surface area contributed by atoms with E-state index < -0.39 is 12.0 Å². The molecule has 142 valence electrons. The van der Waals surface area contributed by atoms with Gasteiger partial charge < -0.3 is 19.4 Å². The van der Waals surface area contributed by atoms with Crippen LogP contribution in [0.4, 0.5) is 5.95 Å². The molecule has 2 aliphatic rings. The van der Waals surface area contributed by atoms with Gasteiger partial charge >= 0.3 is 5.97 Å².